The predicted octanol–water partition coefficient (Wildman–Crippen LogP) is 8.39. The molecule has 238 valence electrons. The number of carboxylic acid groups (broad SMARTS) is 1. The van der Waals surface area contributed by atoms with E-state index in [4.69, 9.17) is 4.74 Å². The smallest absolute Gasteiger partial charge is 0.325 e. The Hall–Kier alpha value is -0.850. The fourth-order valence-electron chi connectivity index (χ4n) is 6.21. The Labute approximate surface area is 285 Å². The maximum atomic E-state index is 15.5. The van der Waals surface area contributed by atoms with E-state index in [0.29, 0.717) is 36.7 Å². The van der Waals surface area contributed by atoms with Crippen molar-refractivity contribution in [2.45, 2.75) is 96.6 Å². The van der Waals surface area contributed by atoms with Crippen LogP contribution in [-0.4, -0.2) is 55.7 Å². The second-order valence-electron chi connectivity index (χ2n) is 12.5. The molecule has 0 amide bonds. The molecule has 3 aliphatic rings. The third kappa shape index (κ3) is 9.35. The van der Waals surface area contributed by atoms with Gasteiger partial charge < -0.3 is 13.0 Å². The van der Waals surface area contributed by atoms with Crippen LogP contribution in [0.15, 0.2) is 44.8 Å². The van der Waals surface area contributed by atoms with Gasteiger partial charge in [-0.2, -0.15) is 0 Å². The topological polar surface area (TPSA) is 65.9 Å². The van der Waals surface area contributed by atoms with E-state index in [0.717, 1.165) is 44.0 Å². The molecule has 1 N–H and O–H groups in total. The van der Waals surface area contributed by atoms with Gasteiger partial charge in [-0.1, -0.05) is 24.6 Å². The number of likely N-dealkylation sites (tertiary alicyclic amines) is 1. The van der Waals surface area contributed by atoms with Crippen LogP contribution in [0.4, 0.5) is 8.78 Å². The molecule has 11 heteroatoms. The van der Waals surface area contributed by atoms with Crippen LogP contribution in [0.1, 0.15) is 90.2 Å². The van der Waals surface area contributed by atoms with Crippen molar-refractivity contribution in [3.8, 4) is 5.88 Å². The van der Waals surface area contributed by atoms with E-state index in [-0.39, 0.29) is 25.5 Å². The van der Waals surface area contributed by atoms with Crippen LogP contribution < -0.4 is 10.0 Å². The SMILES string of the molecule is CC(C)=C(/C=C\C1=C(I)N(I)CCC1)CCCCC(F)(F)[C@@H]1CCN(C(C(=O)O)c2cc(P)cnc2OC2CC(C)C2)C1. The molecule has 1 saturated heterocycles. The lowest BCUT2D eigenvalue weighted by molar-refractivity contribution is -0.143. The number of ether oxygens (including phenoxy) is 1. The summed E-state index contributed by atoms with van der Waals surface area (Å²) in [4.78, 5) is 18.6. The minimum absolute atomic E-state index is 0.0125. The molecule has 1 saturated carbocycles. The molecule has 2 fully saturated rings. The molecule has 1 aromatic heterocycles. The summed E-state index contributed by atoms with van der Waals surface area (Å²) in [6, 6.07) is 0.674. The van der Waals surface area contributed by atoms with Gasteiger partial charge in [0, 0.05) is 37.2 Å². The molecule has 0 bridgehead atoms. The van der Waals surface area contributed by atoms with Gasteiger partial charge in [-0.3, -0.25) is 9.69 Å². The zero-order chi connectivity index (χ0) is 31.3. The number of hydrogen-bond donors (Lipinski definition) is 1. The summed E-state index contributed by atoms with van der Waals surface area (Å²) in [6.07, 6.45) is 12.0. The maximum absolute atomic E-state index is 15.5. The van der Waals surface area contributed by atoms with Crippen molar-refractivity contribution in [2.75, 3.05) is 19.6 Å². The summed E-state index contributed by atoms with van der Waals surface area (Å²) >= 11 is 4.75. The first-order valence-electron chi connectivity index (χ1n) is 15.3. The Morgan fingerprint density at radius 3 is 2.72 bits per heavy atom. The van der Waals surface area contributed by atoms with E-state index in [1.807, 2.05) is 0 Å². The van der Waals surface area contributed by atoms with Crippen molar-refractivity contribution in [3.63, 3.8) is 0 Å². The number of carbonyl (C=O) groups is 1. The average Bonchev–Trinajstić information content (AvgIpc) is 3.41. The highest BCUT2D eigenvalue weighted by molar-refractivity contribution is 14.1. The van der Waals surface area contributed by atoms with Crippen molar-refractivity contribution in [1.82, 2.24) is 13.0 Å². The van der Waals surface area contributed by atoms with Crippen LogP contribution in [0.25, 0.3) is 0 Å². The summed E-state index contributed by atoms with van der Waals surface area (Å²) in [5.74, 6) is -3.93. The average molecular weight is 841 g/mol. The number of nitrogens with zero attached hydrogens (tertiary/aromatic N) is 3. The lowest BCUT2D eigenvalue weighted by atomic mass is 9.84. The summed E-state index contributed by atoms with van der Waals surface area (Å²) in [7, 11) is 2.54. The van der Waals surface area contributed by atoms with Gasteiger partial charge in [0.1, 0.15) is 12.1 Å². The Bertz CT molecular complexity index is 1250. The van der Waals surface area contributed by atoms with Gasteiger partial charge >= 0.3 is 5.97 Å². The molecule has 3 atom stereocenters. The summed E-state index contributed by atoms with van der Waals surface area (Å²) in [6.45, 7) is 7.71. The van der Waals surface area contributed by atoms with E-state index in [2.05, 4.69) is 95.7 Å². The number of aromatic nitrogens is 1. The molecule has 6 nitrogen and oxygen atoms in total. The van der Waals surface area contributed by atoms with Crippen molar-refractivity contribution >= 4 is 66.0 Å². The Morgan fingerprint density at radius 2 is 2.05 bits per heavy atom. The zero-order valence-electron chi connectivity index (χ0n) is 25.3. The van der Waals surface area contributed by atoms with Gasteiger partial charge in [-0.15, -0.1) is 9.24 Å². The first kappa shape index (κ1) is 35.0. The van der Waals surface area contributed by atoms with Crippen LogP contribution in [0.5, 0.6) is 5.88 Å². The summed E-state index contributed by atoms with van der Waals surface area (Å²) in [5.41, 5.74) is 4.19. The predicted molar refractivity (Wildman–Crippen MR) is 188 cm³/mol. The molecule has 1 aromatic rings. The number of unbranched alkanes of at least 4 members (excludes halogenated alkanes) is 1. The van der Waals surface area contributed by atoms with E-state index < -0.39 is 23.9 Å². The number of allylic oxidation sites excluding steroid dienone is 5. The van der Waals surface area contributed by atoms with Gasteiger partial charge in [-0.05, 0) is 123 Å². The molecular formula is C32H44F2I2N3O3P. The lowest BCUT2D eigenvalue weighted by Gasteiger charge is -2.34. The Balaban J connectivity index is 1.34. The van der Waals surface area contributed by atoms with Crippen molar-refractivity contribution in [3.05, 3.63) is 50.4 Å². The van der Waals surface area contributed by atoms with Crippen molar-refractivity contribution < 1.29 is 23.4 Å². The van der Waals surface area contributed by atoms with E-state index in [9.17, 15) is 9.90 Å². The van der Waals surface area contributed by atoms with Crippen LogP contribution >= 0.6 is 54.7 Å². The maximum Gasteiger partial charge on any atom is 0.325 e. The van der Waals surface area contributed by atoms with Crippen LogP contribution in [-0.2, 0) is 4.79 Å². The van der Waals surface area contributed by atoms with Gasteiger partial charge in [-0.25, -0.2) is 13.8 Å². The molecule has 2 unspecified atom stereocenters. The van der Waals surface area contributed by atoms with E-state index in [1.54, 1.807) is 17.2 Å². The first-order chi connectivity index (χ1) is 20.4. The standard InChI is InChI=1S/C32H44F2I2N3O3P/c1-20(2)22(9-10-23-8-6-13-39(36)29(23)35)7-4-5-12-32(33,34)24-11-14-38(19-24)28(31(40)41)27-17-26(43)18-37-30(27)42-25-15-21(3)16-25/h9-10,17-18,21,24-25,28H,4-8,11-16,19,43H2,1-3H3,(H,40,41)/b10-9-/t21?,24-,25?,28?/m1/s1. The first-order valence-corrected chi connectivity index (χ1v) is 17.9. The Kier molecular flexibility index (Phi) is 12.7. The minimum atomic E-state index is -2.85. The highest BCUT2D eigenvalue weighted by atomic mass is 127. The fourth-order valence-corrected chi connectivity index (χ4v) is 7.81. The zero-order valence-corrected chi connectivity index (χ0v) is 30.8. The Morgan fingerprint density at radius 1 is 1.30 bits per heavy atom. The fraction of sp³-hybridized carbons (Fsp3) is 0.625. The highest BCUT2D eigenvalue weighted by Gasteiger charge is 2.46. The third-order valence-corrected chi connectivity index (χ3v) is 12.3. The highest BCUT2D eigenvalue weighted by Crippen LogP contribution is 2.41. The summed E-state index contributed by atoms with van der Waals surface area (Å²) < 4.78 is 40.5. The second kappa shape index (κ2) is 15.6. The van der Waals surface area contributed by atoms with Gasteiger partial charge in [0.15, 0.2) is 0 Å². The van der Waals surface area contributed by atoms with Gasteiger partial charge in [0.2, 0.25) is 5.88 Å². The number of carboxylic acids is 1. The van der Waals surface area contributed by atoms with Crippen molar-refractivity contribution in [1.29, 1.82) is 0 Å². The number of pyridine rings is 1. The second-order valence-corrected chi connectivity index (χ2v) is 15.4. The molecule has 43 heavy (non-hydrogen) atoms. The molecule has 2 aliphatic heterocycles. The number of rotatable bonds is 13. The van der Waals surface area contributed by atoms with Crippen LogP contribution in [0, 0.1) is 11.8 Å². The summed E-state index contributed by atoms with van der Waals surface area (Å²) in [5, 5.41) is 11.0. The normalized spacial score (nSPS) is 23.9. The monoisotopic (exact) mass is 841 g/mol. The molecule has 3 heterocycles. The number of hydrogen-bond acceptors (Lipinski definition) is 5. The lowest BCUT2D eigenvalue weighted by Crippen LogP contribution is -2.37. The quantitative estimate of drug-likeness (QED) is 0.0538. The van der Waals surface area contributed by atoms with Gasteiger partial charge in [0.05, 0.1) is 26.6 Å². The van der Waals surface area contributed by atoms with E-state index in [1.165, 1.54) is 20.4 Å². The molecule has 0 radical (unpaired) electrons. The van der Waals surface area contributed by atoms with E-state index >= 15 is 8.78 Å². The molecular weight excluding hydrogens is 797 g/mol. The minimum Gasteiger partial charge on any atom is -0.480 e. The molecule has 0 spiro atoms. The van der Waals surface area contributed by atoms with Crippen LogP contribution in [0.3, 0.4) is 0 Å². The van der Waals surface area contributed by atoms with Crippen LogP contribution in [0.2, 0.25) is 0 Å². The molecule has 4 rings (SSSR count). The van der Waals surface area contributed by atoms with Gasteiger partial charge in [0.25, 0.3) is 5.92 Å². The van der Waals surface area contributed by atoms with Crippen molar-refractivity contribution in [2.24, 2.45) is 11.8 Å². The third-order valence-electron chi connectivity index (χ3n) is 8.83. The number of halogens is 4. The number of aliphatic carboxylic acids is 1. The molecule has 0 aromatic carbocycles. The number of alkyl halides is 2. The largest absolute Gasteiger partial charge is 0.480 e. The molecule has 1 aliphatic carbocycles.